The van der Waals surface area contributed by atoms with Gasteiger partial charge >= 0.3 is 6.09 Å². The minimum atomic E-state index is -0.599. The Hall–Kier alpha value is -2.86. The molecule has 2 aromatic carbocycles. The molecule has 2 aromatic rings. The first-order chi connectivity index (χ1) is 11.7. The molecule has 2 N–H and O–H groups in total. The molecule has 0 aliphatic carbocycles. The smallest absolute Gasteiger partial charge is 0.411 e. The fourth-order valence-corrected chi connectivity index (χ4v) is 2.39. The van der Waals surface area contributed by atoms with E-state index in [0.717, 1.165) is 11.1 Å². The molecule has 0 saturated carbocycles. The second kappa shape index (κ2) is 7.61. The Labute approximate surface area is 139 Å². The molecule has 1 atom stereocenters. The first-order valence-electron chi connectivity index (χ1n) is 7.69. The number of hydrogen-bond donors (Lipinski definition) is 2. The Morgan fingerprint density at radius 1 is 1.17 bits per heavy atom. The molecule has 24 heavy (non-hydrogen) atoms. The van der Waals surface area contributed by atoms with Crippen LogP contribution in [0.5, 0.6) is 0 Å². The number of rotatable bonds is 4. The standard InChI is InChI=1S/C18H18N2O4/c21-17-16(23-11-10-19-17)14-6-8-15(9-7-14)20-18(22)24-12-13-4-2-1-3-5-13/h1-9,16H,10-12H2,(H,19,21)(H,20,22). The topological polar surface area (TPSA) is 76.7 Å². The van der Waals surface area contributed by atoms with Crippen LogP contribution in [0.4, 0.5) is 10.5 Å². The normalized spacial score (nSPS) is 17.0. The largest absolute Gasteiger partial charge is 0.444 e. The zero-order chi connectivity index (χ0) is 16.8. The molecule has 0 aromatic heterocycles. The predicted octanol–water partition coefficient (Wildman–Crippen LogP) is 2.62. The van der Waals surface area contributed by atoms with Gasteiger partial charge in [-0.1, -0.05) is 42.5 Å². The van der Waals surface area contributed by atoms with Gasteiger partial charge in [0.1, 0.15) is 6.61 Å². The second-order valence-electron chi connectivity index (χ2n) is 5.35. The van der Waals surface area contributed by atoms with E-state index >= 15 is 0 Å². The molecule has 6 nitrogen and oxygen atoms in total. The summed E-state index contributed by atoms with van der Waals surface area (Å²) in [7, 11) is 0. The van der Waals surface area contributed by atoms with E-state index in [0.29, 0.717) is 18.8 Å². The van der Waals surface area contributed by atoms with Crippen molar-refractivity contribution in [2.24, 2.45) is 0 Å². The van der Waals surface area contributed by atoms with E-state index in [1.165, 1.54) is 0 Å². The van der Waals surface area contributed by atoms with E-state index in [1.807, 2.05) is 30.3 Å². The maximum Gasteiger partial charge on any atom is 0.411 e. The van der Waals surface area contributed by atoms with E-state index in [2.05, 4.69) is 10.6 Å². The number of carbonyl (C=O) groups is 2. The molecule has 1 fully saturated rings. The van der Waals surface area contributed by atoms with Crippen LogP contribution in [0.3, 0.4) is 0 Å². The van der Waals surface area contributed by atoms with Gasteiger partial charge in [-0.3, -0.25) is 10.1 Å². The molecule has 1 heterocycles. The second-order valence-corrected chi connectivity index (χ2v) is 5.35. The number of carbonyl (C=O) groups excluding carboxylic acids is 2. The number of hydrogen-bond acceptors (Lipinski definition) is 4. The minimum absolute atomic E-state index is 0.149. The van der Waals surface area contributed by atoms with Gasteiger partial charge in [0.25, 0.3) is 5.91 Å². The van der Waals surface area contributed by atoms with Gasteiger partial charge in [-0.15, -0.1) is 0 Å². The van der Waals surface area contributed by atoms with Crippen molar-refractivity contribution in [3.63, 3.8) is 0 Å². The van der Waals surface area contributed by atoms with Crippen LogP contribution < -0.4 is 10.6 Å². The Bertz CT molecular complexity index is 701. The maximum absolute atomic E-state index is 11.8. The van der Waals surface area contributed by atoms with E-state index in [4.69, 9.17) is 9.47 Å². The van der Waals surface area contributed by atoms with E-state index in [9.17, 15) is 9.59 Å². The van der Waals surface area contributed by atoms with E-state index in [1.54, 1.807) is 24.3 Å². The lowest BCUT2D eigenvalue weighted by Crippen LogP contribution is -2.39. The highest BCUT2D eigenvalue weighted by molar-refractivity contribution is 5.85. The van der Waals surface area contributed by atoms with Crippen LogP contribution in [0.2, 0.25) is 0 Å². The molecule has 2 amide bonds. The highest BCUT2D eigenvalue weighted by Crippen LogP contribution is 2.21. The quantitative estimate of drug-likeness (QED) is 0.905. The average Bonchev–Trinajstić information content (AvgIpc) is 2.62. The van der Waals surface area contributed by atoms with Crippen molar-refractivity contribution in [3.8, 4) is 0 Å². The van der Waals surface area contributed by atoms with Crippen LogP contribution in [0.15, 0.2) is 54.6 Å². The summed E-state index contributed by atoms with van der Waals surface area (Å²) in [6, 6.07) is 16.4. The molecule has 0 spiro atoms. The zero-order valence-electron chi connectivity index (χ0n) is 13.0. The van der Waals surface area contributed by atoms with Gasteiger partial charge in [-0.05, 0) is 23.3 Å². The summed E-state index contributed by atoms with van der Waals surface area (Å²) >= 11 is 0. The molecule has 1 saturated heterocycles. The molecule has 1 unspecified atom stereocenters. The fraction of sp³-hybridized carbons (Fsp3) is 0.222. The molecule has 1 aliphatic rings. The molecule has 1 aliphatic heterocycles. The summed E-state index contributed by atoms with van der Waals surface area (Å²) in [6.07, 6.45) is -1.13. The molecule has 124 valence electrons. The zero-order valence-corrected chi connectivity index (χ0v) is 13.0. The molecular formula is C18H18N2O4. The van der Waals surface area contributed by atoms with Crippen molar-refractivity contribution < 1.29 is 19.1 Å². The number of amides is 2. The lowest BCUT2D eigenvalue weighted by molar-refractivity contribution is -0.138. The summed E-state index contributed by atoms with van der Waals surface area (Å²) in [6.45, 7) is 1.23. The SMILES string of the molecule is O=C(Nc1ccc(C2OCCNC2=O)cc1)OCc1ccccc1. The van der Waals surface area contributed by atoms with Gasteiger partial charge < -0.3 is 14.8 Å². The van der Waals surface area contributed by atoms with Gasteiger partial charge in [0.05, 0.1) is 6.61 Å². The van der Waals surface area contributed by atoms with Crippen LogP contribution in [0.25, 0.3) is 0 Å². The minimum Gasteiger partial charge on any atom is -0.444 e. The van der Waals surface area contributed by atoms with Crippen LogP contribution in [-0.2, 0) is 20.9 Å². The Morgan fingerprint density at radius 3 is 2.62 bits per heavy atom. The van der Waals surface area contributed by atoms with Crippen LogP contribution >= 0.6 is 0 Å². The number of anilines is 1. The monoisotopic (exact) mass is 326 g/mol. The van der Waals surface area contributed by atoms with Crippen molar-refractivity contribution >= 4 is 17.7 Å². The molecule has 0 radical (unpaired) electrons. The molecule has 3 rings (SSSR count). The number of ether oxygens (including phenoxy) is 2. The third kappa shape index (κ3) is 4.11. The van der Waals surface area contributed by atoms with Crippen molar-refractivity contribution in [2.75, 3.05) is 18.5 Å². The number of nitrogens with one attached hydrogen (secondary N) is 2. The first kappa shape index (κ1) is 16.0. The van der Waals surface area contributed by atoms with Crippen molar-refractivity contribution in [2.45, 2.75) is 12.7 Å². The predicted molar refractivity (Wildman–Crippen MR) is 88.4 cm³/mol. The van der Waals surface area contributed by atoms with Crippen LogP contribution in [0, 0.1) is 0 Å². The van der Waals surface area contributed by atoms with Gasteiger partial charge in [0, 0.05) is 12.2 Å². The highest BCUT2D eigenvalue weighted by atomic mass is 16.5. The Morgan fingerprint density at radius 2 is 1.92 bits per heavy atom. The molecular weight excluding hydrogens is 308 g/mol. The fourth-order valence-electron chi connectivity index (χ4n) is 2.39. The third-order valence-electron chi connectivity index (χ3n) is 3.60. The third-order valence-corrected chi connectivity index (χ3v) is 3.60. The van der Waals surface area contributed by atoms with Gasteiger partial charge in [0.2, 0.25) is 0 Å². The lowest BCUT2D eigenvalue weighted by atomic mass is 10.1. The van der Waals surface area contributed by atoms with Crippen molar-refractivity contribution in [1.82, 2.24) is 5.32 Å². The number of morpholine rings is 1. The summed E-state index contributed by atoms with van der Waals surface area (Å²) in [5.74, 6) is -0.149. The van der Waals surface area contributed by atoms with Gasteiger partial charge in [0.15, 0.2) is 6.10 Å². The first-order valence-corrected chi connectivity index (χ1v) is 7.69. The summed E-state index contributed by atoms with van der Waals surface area (Å²) in [4.78, 5) is 23.6. The Balaban J connectivity index is 1.54. The summed E-state index contributed by atoms with van der Waals surface area (Å²) in [5, 5.41) is 5.41. The molecule has 6 heteroatoms. The van der Waals surface area contributed by atoms with Gasteiger partial charge in [-0.25, -0.2) is 4.79 Å². The Kier molecular flexibility index (Phi) is 5.08. The van der Waals surface area contributed by atoms with Crippen molar-refractivity contribution in [3.05, 3.63) is 65.7 Å². The lowest BCUT2D eigenvalue weighted by Gasteiger charge is -2.22. The van der Waals surface area contributed by atoms with E-state index < -0.39 is 12.2 Å². The van der Waals surface area contributed by atoms with Crippen LogP contribution in [-0.4, -0.2) is 25.2 Å². The maximum atomic E-state index is 11.8. The highest BCUT2D eigenvalue weighted by Gasteiger charge is 2.24. The van der Waals surface area contributed by atoms with Crippen LogP contribution in [0.1, 0.15) is 17.2 Å². The van der Waals surface area contributed by atoms with Gasteiger partial charge in [-0.2, -0.15) is 0 Å². The van der Waals surface area contributed by atoms with E-state index in [-0.39, 0.29) is 12.5 Å². The van der Waals surface area contributed by atoms with Crippen molar-refractivity contribution in [1.29, 1.82) is 0 Å². The summed E-state index contributed by atoms with van der Waals surface area (Å²) < 4.78 is 10.6. The summed E-state index contributed by atoms with van der Waals surface area (Å²) in [5.41, 5.74) is 2.26. The number of benzene rings is 2. The molecule has 0 bridgehead atoms. The average molecular weight is 326 g/mol.